The lowest BCUT2D eigenvalue weighted by Gasteiger charge is -2.40. The fourth-order valence-electron chi connectivity index (χ4n) is 3.44. The fraction of sp³-hybridized carbons (Fsp3) is 0.889. The minimum atomic E-state index is -3.56. The Morgan fingerprint density at radius 3 is 2.14 bits per heavy atom. The van der Waals surface area contributed by atoms with Crippen LogP contribution >= 0.6 is 0 Å². The Balaban J connectivity index is 1.80. The number of hydrogen-bond acceptors (Lipinski definition) is 5. The zero-order valence-corrected chi connectivity index (χ0v) is 18.2. The van der Waals surface area contributed by atoms with Crippen LogP contribution in [0.5, 0.6) is 0 Å². The van der Waals surface area contributed by atoms with Crippen LogP contribution in [0.2, 0.25) is 0 Å². The van der Waals surface area contributed by atoms with E-state index in [1.165, 1.54) is 8.61 Å². The summed E-state index contributed by atoms with van der Waals surface area (Å²) in [5.41, 5.74) is 0. The number of hydrogen-bond donors (Lipinski definition) is 1. The number of morpholine rings is 1. The first-order valence-electron chi connectivity index (χ1n) is 10.0. The molecule has 2 aliphatic heterocycles. The van der Waals surface area contributed by atoms with E-state index in [0.717, 1.165) is 6.42 Å². The predicted molar refractivity (Wildman–Crippen MR) is 106 cm³/mol. The Morgan fingerprint density at radius 2 is 1.61 bits per heavy atom. The van der Waals surface area contributed by atoms with Gasteiger partial charge in [0, 0.05) is 45.7 Å². The summed E-state index contributed by atoms with van der Waals surface area (Å²) >= 11 is 0. The highest BCUT2D eigenvalue weighted by Gasteiger charge is 2.37. The van der Waals surface area contributed by atoms with E-state index in [4.69, 9.17) is 4.74 Å². The van der Waals surface area contributed by atoms with Gasteiger partial charge in [0.25, 0.3) is 10.2 Å². The SMILES string of the molecule is CC(C)CCC(=O)NCC(=O)N1CCN(S(=O)(=O)N2CC(C)OC(C)C2)CC1. The van der Waals surface area contributed by atoms with Gasteiger partial charge in [-0.25, -0.2) is 0 Å². The maximum absolute atomic E-state index is 12.9. The molecule has 2 unspecified atom stereocenters. The summed E-state index contributed by atoms with van der Waals surface area (Å²) in [6.07, 6.45) is 0.921. The number of nitrogens with one attached hydrogen (secondary N) is 1. The highest BCUT2D eigenvalue weighted by atomic mass is 32.2. The van der Waals surface area contributed by atoms with E-state index in [-0.39, 0.29) is 43.7 Å². The smallest absolute Gasteiger partial charge is 0.282 e. The lowest BCUT2D eigenvalue weighted by atomic mass is 10.1. The van der Waals surface area contributed by atoms with Gasteiger partial charge in [-0.3, -0.25) is 9.59 Å². The summed E-state index contributed by atoms with van der Waals surface area (Å²) in [5.74, 6) is 0.135. The normalized spacial score (nSPS) is 25.1. The Hall–Kier alpha value is -1.23. The standard InChI is InChI=1S/C18H34N4O5S/c1-14(2)5-6-17(23)19-11-18(24)20-7-9-21(10-8-20)28(25,26)22-12-15(3)27-16(4)13-22/h14-16H,5-13H2,1-4H3,(H,19,23). The lowest BCUT2D eigenvalue weighted by Crippen LogP contribution is -2.58. The summed E-state index contributed by atoms with van der Waals surface area (Å²) in [6.45, 7) is 9.64. The Labute approximate surface area is 168 Å². The first kappa shape index (κ1) is 23.1. The van der Waals surface area contributed by atoms with E-state index in [0.29, 0.717) is 38.5 Å². The number of rotatable bonds is 7. The summed E-state index contributed by atoms with van der Waals surface area (Å²) in [7, 11) is -3.56. The molecule has 2 atom stereocenters. The molecule has 0 aromatic heterocycles. The van der Waals surface area contributed by atoms with Crippen molar-refractivity contribution in [1.29, 1.82) is 0 Å². The van der Waals surface area contributed by atoms with Crippen molar-refractivity contribution in [2.75, 3.05) is 45.8 Å². The van der Waals surface area contributed by atoms with E-state index >= 15 is 0 Å². The van der Waals surface area contributed by atoms with Gasteiger partial charge < -0.3 is 15.0 Å². The van der Waals surface area contributed by atoms with Crippen LogP contribution in [0.15, 0.2) is 0 Å². The molecule has 10 heteroatoms. The average Bonchev–Trinajstić information content (AvgIpc) is 2.63. The second kappa shape index (κ2) is 10.00. The van der Waals surface area contributed by atoms with Crippen molar-refractivity contribution in [2.24, 2.45) is 5.92 Å². The van der Waals surface area contributed by atoms with Crippen molar-refractivity contribution >= 4 is 22.0 Å². The first-order chi connectivity index (χ1) is 13.1. The van der Waals surface area contributed by atoms with E-state index in [9.17, 15) is 18.0 Å². The zero-order chi connectivity index (χ0) is 20.9. The zero-order valence-electron chi connectivity index (χ0n) is 17.4. The third kappa shape index (κ3) is 6.40. The van der Waals surface area contributed by atoms with Crippen molar-refractivity contribution in [2.45, 2.75) is 52.7 Å². The largest absolute Gasteiger partial charge is 0.373 e. The molecule has 0 aromatic carbocycles. The third-order valence-corrected chi connectivity index (χ3v) is 6.98. The number of amides is 2. The van der Waals surface area contributed by atoms with Crippen molar-refractivity contribution in [3.05, 3.63) is 0 Å². The van der Waals surface area contributed by atoms with Crippen LogP contribution in [-0.4, -0.2) is 91.8 Å². The first-order valence-corrected chi connectivity index (χ1v) is 11.4. The highest BCUT2D eigenvalue weighted by molar-refractivity contribution is 7.86. The Morgan fingerprint density at radius 1 is 1.04 bits per heavy atom. The van der Waals surface area contributed by atoms with Gasteiger partial charge in [-0.2, -0.15) is 17.0 Å². The van der Waals surface area contributed by atoms with Crippen molar-refractivity contribution in [1.82, 2.24) is 18.8 Å². The van der Waals surface area contributed by atoms with E-state index in [1.807, 2.05) is 27.7 Å². The van der Waals surface area contributed by atoms with Gasteiger partial charge in [-0.15, -0.1) is 0 Å². The summed E-state index contributed by atoms with van der Waals surface area (Å²) in [5, 5.41) is 2.65. The topological polar surface area (TPSA) is 99.3 Å². The van der Waals surface area contributed by atoms with Gasteiger partial charge in [0.15, 0.2) is 0 Å². The van der Waals surface area contributed by atoms with Crippen molar-refractivity contribution < 1.29 is 22.7 Å². The van der Waals surface area contributed by atoms with Crippen LogP contribution in [0, 0.1) is 5.92 Å². The minimum absolute atomic E-state index is 0.0395. The van der Waals surface area contributed by atoms with E-state index < -0.39 is 10.2 Å². The van der Waals surface area contributed by atoms with Crippen LogP contribution in [0.25, 0.3) is 0 Å². The molecule has 2 rings (SSSR count). The van der Waals surface area contributed by atoms with Crippen LogP contribution in [-0.2, 0) is 24.5 Å². The lowest BCUT2D eigenvalue weighted by molar-refractivity contribution is -0.133. The number of ether oxygens (including phenoxy) is 1. The molecule has 2 aliphatic rings. The Kier molecular flexibility index (Phi) is 8.23. The summed E-state index contributed by atoms with van der Waals surface area (Å²) < 4.78 is 34.3. The van der Waals surface area contributed by atoms with Crippen LogP contribution in [0.1, 0.15) is 40.5 Å². The number of carbonyl (C=O) groups excluding carboxylic acids is 2. The molecule has 2 saturated heterocycles. The third-order valence-electron chi connectivity index (χ3n) is 5.02. The van der Waals surface area contributed by atoms with Gasteiger partial charge in [-0.1, -0.05) is 13.8 Å². The molecule has 0 saturated carbocycles. The maximum Gasteiger partial charge on any atom is 0.282 e. The molecular weight excluding hydrogens is 384 g/mol. The van der Waals surface area contributed by atoms with Gasteiger partial charge in [0.05, 0.1) is 18.8 Å². The Bertz CT molecular complexity index is 636. The van der Waals surface area contributed by atoms with E-state index in [1.54, 1.807) is 4.90 Å². The molecule has 9 nitrogen and oxygen atoms in total. The average molecular weight is 419 g/mol. The molecule has 28 heavy (non-hydrogen) atoms. The maximum atomic E-state index is 12.9. The second-order valence-electron chi connectivity index (χ2n) is 8.07. The molecule has 2 fully saturated rings. The van der Waals surface area contributed by atoms with Crippen LogP contribution in [0.3, 0.4) is 0 Å². The molecule has 0 aliphatic carbocycles. The van der Waals surface area contributed by atoms with Gasteiger partial charge >= 0.3 is 0 Å². The van der Waals surface area contributed by atoms with E-state index in [2.05, 4.69) is 5.32 Å². The molecule has 2 heterocycles. The number of carbonyl (C=O) groups is 2. The number of nitrogens with zero attached hydrogens (tertiary/aromatic N) is 3. The second-order valence-corrected chi connectivity index (χ2v) is 10.00. The monoisotopic (exact) mass is 418 g/mol. The molecule has 2 amide bonds. The molecule has 162 valence electrons. The van der Waals surface area contributed by atoms with Crippen molar-refractivity contribution in [3.8, 4) is 0 Å². The highest BCUT2D eigenvalue weighted by Crippen LogP contribution is 2.18. The van der Waals surface area contributed by atoms with Crippen LogP contribution in [0.4, 0.5) is 0 Å². The van der Waals surface area contributed by atoms with Crippen LogP contribution < -0.4 is 5.32 Å². The summed E-state index contributed by atoms with van der Waals surface area (Å²) in [4.78, 5) is 25.7. The fourth-order valence-corrected chi connectivity index (χ4v) is 5.19. The molecule has 0 radical (unpaired) electrons. The van der Waals surface area contributed by atoms with Gasteiger partial charge in [0.2, 0.25) is 11.8 Å². The molecule has 1 N–H and O–H groups in total. The molecule has 0 spiro atoms. The summed E-state index contributed by atoms with van der Waals surface area (Å²) in [6, 6.07) is 0. The van der Waals surface area contributed by atoms with Gasteiger partial charge in [-0.05, 0) is 26.2 Å². The van der Waals surface area contributed by atoms with Gasteiger partial charge in [0.1, 0.15) is 0 Å². The minimum Gasteiger partial charge on any atom is -0.373 e. The van der Waals surface area contributed by atoms with Crippen molar-refractivity contribution in [3.63, 3.8) is 0 Å². The molecular formula is C18H34N4O5S. The number of piperazine rings is 1. The molecule has 0 aromatic rings. The molecule has 0 bridgehead atoms. The predicted octanol–water partition coefficient (Wildman–Crippen LogP) is 0.0370. The quantitative estimate of drug-likeness (QED) is 0.629.